The Kier molecular flexibility index (Phi) is 6.69. The van der Waals surface area contributed by atoms with Gasteiger partial charge in [-0.3, -0.25) is 15.4 Å². The van der Waals surface area contributed by atoms with Gasteiger partial charge < -0.3 is 18.9 Å². The van der Waals surface area contributed by atoms with Gasteiger partial charge in [0.15, 0.2) is 0 Å². The zero-order valence-electron chi connectivity index (χ0n) is 14.7. The molecule has 7 nitrogen and oxygen atoms in total. The minimum absolute atomic E-state index is 0.0294. The number of rotatable bonds is 8. The quantitative estimate of drug-likeness (QED) is 0.551. The fourth-order valence-corrected chi connectivity index (χ4v) is 2.67. The Bertz CT molecular complexity index is 539. The molecule has 0 saturated carbocycles. The van der Waals surface area contributed by atoms with Crippen LogP contribution in [0.15, 0.2) is 12.1 Å². The lowest BCUT2D eigenvalue weighted by Gasteiger charge is -2.20. The summed E-state index contributed by atoms with van der Waals surface area (Å²) in [7, 11) is 4.62. The molecule has 0 amide bonds. The summed E-state index contributed by atoms with van der Waals surface area (Å²) in [5.74, 6) is 1.79. The third-order valence-electron chi connectivity index (χ3n) is 3.91. The molecule has 1 aromatic carbocycles. The zero-order valence-corrected chi connectivity index (χ0v) is 14.7. The molecule has 0 aromatic heterocycles. The van der Waals surface area contributed by atoms with Crippen LogP contribution in [0, 0.1) is 0 Å². The largest absolute Gasteiger partial charge is 0.496 e. The number of nitrogens with one attached hydrogen (secondary N) is 2. The molecule has 2 rings (SSSR count). The summed E-state index contributed by atoms with van der Waals surface area (Å²) in [6, 6.07) is 4.05. The number of esters is 1. The van der Waals surface area contributed by atoms with Crippen molar-refractivity contribution in [3.8, 4) is 17.2 Å². The van der Waals surface area contributed by atoms with Crippen LogP contribution in [0.4, 0.5) is 0 Å². The summed E-state index contributed by atoms with van der Waals surface area (Å²) in [5.41, 5.74) is 0.922. The molecule has 1 aliphatic heterocycles. The average Bonchev–Trinajstić information content (AvgIpc) is 3.03. The van der Waals surface area contributed by atoms with Crippen LogP contribution < -0.4 is 24.8 Å². The first-order valence-corrected chi connectivity index (χ1v) is 8.04. The molecule has 1 fully saturated rings. The highest BCUT2D eigenvalue weighted by atomic mass is 16.5. The molecule has 2 atom stereocenters. The Balaban J connectivity index is 2.09. The van der Waals surface area contributed by atoms with E-state index in [1.807, 2.05) is 12.1 Å². The van der Waals surface area contributed by atoms with Crippen LogP contribution >= 0.6 is 0 Å². The molecule has 1 heterocycles. The summed E-state index contributed by atoms with van der Waals surface area (Å²) >= 11 is 0. The summed E-state index contributed by atoms with van der Waals surface area (Å²) in [5, 5.41) is 6.85. The van der Waals surface area contributed by atoms with E-state index in [2.05, 4.69) is 22.3 Å². The fraction of sp³-hybridized carbons (Fsp3) is 0.588. The number of hydrogen-bond donors (Lipinski definition) is 2. The fourth-order valence-electron chi connectivity index (χ4n) is 2.67. The minimum atomic E-state index is -0.239. The van der Waals surface area contributed by atoms with Crippen molar-refractivity contribution in [2.75, 3.05) is 34.5 Å². The van der Waals surface area contributed by atoms with Crippen LogP contribution in [0.2, 0.25) is 0 Å². The number of carbonyl (C=O) groups is 1. The first-order valence-electron chi connectivity index (χ1n) is 8.04. The van der Waals surface area contributed by atoms with Gasteiger partial charge in [-0.25, -0.2) is 0 Å². The highest BCUT2D eigenvalue weighted by Gasteiger charge is 2.27. The number of ether oxygens (including phenoxy) is 4. The van der Waals surface area contributed by atoms with Crippen LogP contribution in [0.25, 0.3) is 0 Å². The number of benzene rings is 1. The van der Waals surface area contributed by atoms with Crippen LogP contribution in [-0.2, 0) is 9.53 Å². The highest BCUT2D eigenvalue weighted by Crippen LogP contribution is 2.38. The van der Waals surface area contributed by atoms with E-state index >= 15 is 0 Å². The van der Waals surface area contributed by atoms with Gasteiger partial charge in [-0.05, 0) is 13.3 Å². The average molecular weight is 338 g/mol. The van der Waals surface area contributed by atoms with E-state index in [4.69, 9.17) is 14.2 Å². The van der Waals surface area contributed by atoms with Gasteiger partial charge in [0, 0.05) is 31.1 Å². The predicted molar refractivity (Wildman–Crippen MR) is 89.6 cm³/mol. The van der Waals surface area contributed by atoms with Gasteiger partial charge in [-0.2, -0.15) is 0 Å². The molecule has 0 aliphatic carbocycles. The third kappa shape index (κ3) is 4.52. The van der Waals surface area contributed by atoms with E-state index in [0.717, 1.165) is 12.1 Å². The molecule has 2 N–H and O–H groups in total. The van der Waals surface area contributed by atoms with Crippen LogP contribution in [0.3, 0.4) is 0 Å². The predicted octanol–water partition coefficient (Wildman–Crippen LogP) is 1.62. The van der Waals surface area contributed by atoms with Crippen molar-refractivity contribution >= 4 is 5.97 Å². The molecule has 1 saturated heterocycles. The summed E-state index contributed by atoms with van der Waals surface area (Å²) < 4.78 is 21.4. The Morgan fingerprint density at radius 2 is 1.88 bits per heavy atom. The van der Waals surface area contributed by atoms with E-state index < -0.39 is 0 Å². The Hall–Kier alpha value is -1.99. The lowest BCUT2D eigenvalue weighted by molar-refractivity contribution is -0.140. The maximum absolute atomic E-state index is 11.1. The maximum atomic E-state index is 11.1. The molecule has 0 spiro atoms. The van der Waals surface area contributed by atoms with Crippen molar-refractivity contribution in [1.82, 2.24) is 10.6 Å². The molecule has 7 heteroatoms. The van der Waals surface area contributed by atoms with Gasteiger partial charge >= 0.3 is 5.97 Å². The summed E-state index contributed by atoms with van der Waals surface area (Å²) in [6.45, 7) is 3.41. The van der Waals surface area contributed by atoms with E-state index in [0.29, 0.717) is 42.7 Å². The van der Waals surface area contributed by atoms with Crippen molar-refractivity contribution < 1.29 is 23.7 Å². The Labute approximate surface area is 142 Å². The maximum Gasteiger partial charge on any atom is 0.305 e. The van der Waals surface area contributed by atoms with E-state index in [1.54, 1.807) is 14.2 Å². The monoisotopic (exact) mass is 338 g/mol. The van der Waals surface area contributed by atoms with Crippen molar-refractivity contribution in [3.05, 3.63) is 17.7 Å². The molecule has 2 unspecified atom stereocenters. The SMILES string of the molecule is COC(=O)CCCOc1cc(OC)c(C2NCC(C)N2)c(OC)c1. The summed E-state index contributed by atoms with van der Waals surface area (Å²) in [4.78, 5) is 11.1. The standard InChI is InChI=1S/C17H26N2O5/c1-11-10-18-17(19-11)16-13(21-2)8-12(9-14(16)22-3)24-7-5-6-15(20)23-4/h8-9,11,17-19H,5-7,10H2,1-4H3. The molecule has 134 valence electrons. The van der Waals surface area contributed by atoms with Crippen molar-refractivity contribution in [2.24, 2.45) is 0 Å². The first-order chi connectivity index (χ1) is 11.6. The van der Waals surface area contributed by atoms with Gasteiger partial charge in [-0.15, -0.1) is 0 Å². The number of carbonyl (C=O) groups excluding carboxylic acids is 1. The van der Waals surface area contributed by atoms with Gasteiger partial charge in [0.05, 0.1) is 39.7 Å². The van der Waals surface area contributed by atoms with Crippen molar-refractivity contribution in [3.63, 3.8) is 0 Å². The van der Waals surface area contributed by atoms with Gasteiger partial charge in [-0.1, -0.05) is 0 Å². The Morgan fingerprint density at radius 3 is 2.38 bits per heavy atom. The minimum Gasteiger partial charge on any atom is -0.496 e. The van der Waals surface area contributed by atoms with Crippen molar-refractivity contribution in [1.29, 1.82) is 0 Å². The summed E-state index contributed by atoms with van der Waals surface area (Å²) in [6.07, 6.45) is 0.886. The number of hydrogen-bond acceptors (Lipinski definition) is 7. The third-order valence-corrected chi connectivity index (χ3v) is 3.91. The van der Waals surface area contributed by atoms with Crippen molar-refractivity contribution in [2.45, 2.75) is 32.0 Å². The van der Waals surface area contributed by atoms with Gasteiger partial charge in [0.1, 0.15) is 17.2 Å². The number of methoxy groups -OCH3 is 3. The van der Waals surface area contributed by atoms with Gasteiger partial charge in [0.25, 0.3) is 0 Å². The molecule has 0 bridgehead atoms. The molecular formula is C17H26N2O5. The molecular weight excluding hydrogens is 312 g/mol. The molecule has 1 aromatic rings. The van der Waals surface area contributed by atoms with Crippen LogP contribution in [0.1, 0.15) is 31.5 Å². The smallest absolute Gasteiger partial charge is 0.305 e. The molecule has 0 radical (unpaired) electrons. The first kappa shape index (κ1) is 18.4. The second-order valence-corrected chi connectivity index (χ2v) is 5.68. The molecule has 1 aliphatic rings. The second kappa shape index (κ2) is 8.75. The normalized spacial score (nSPS) is 19.8. The Morgan fingerprint density at radius 1 is 1.21 bits per heavy atom. The van der Waals surface area contributed by atoms with E-state index in [1.165, 1.54) is 7.11 Å². The van der Waals surface area contributed by atoms with Crippen LogP contribution in [-0.4, -0.2) is 46.5 Å². The molecule has 24 heavy (non-hydrogen) atoms. The lowest BCUT2D eigenvalue weighted by atomic mass is 10.1. The van der Waals surface area contributed by atoms with Crippen LogP contribution in [0.5, 0.6) is 17.2 Å². The highest BCUT2D eigenvalue weighted by molar-refractivity contribution is 5.69. The zero-order chi connectivity index (χ0) is 17.5. The van der Waals surface area contributed by atoms with E-state index in [-0.39, 0.29) is 12.1 Å². The lowest BCUT2D eigenvalue weighted by Crippen LogP contribution is -2.25. The van der Waals surface area contributed by atoms with Gasteiger partial charge in [0.2, 0.25) is 0 Å². The topological polar surface area (TPSA) is 78.1 Å². The second-order valence-electron chi connectivity index (χ2n) is 5.68. The van der Waals surface area contributed by atoms with E-state index in [9.17, 15) is 4.79 Å².